The molecule has 0 aromatic rings. The first-order valence-corrected chi connectivity index (χ1v) is 5.00. The summed E-state index contributed by atoms with van der Waals surface area (Å²) in [5.74, 6) is -0.0813. The van der Waals surface area contributed by atoms with Crippen molar-refractivity contribution in [2.75, 3.05) is 12.9 Å². The summed E-state index contributed by atoms with van der Waals surface area (Å²) in [5.41, 5.74) is 0. The third-order valence-electron chi connectivity index (χ3n) is 1.42. The van der Waals surface area contributed by atoms with E-state index in [4.69, 9.17) is 0 Å². The number of ether oxygens (including phenoxy) is 1. The summed E-state index contributed by atoms with van der Waals surface area (Å²) in [4.78, 5) is 10.6. The largest absolute Gasteiger partial charge is 0.453 e. The van der Waals surface area contributed by atoms with Crippen LogP contribution >= 0.6 is 0 Å². The smallest absolute Gasteiger partial charge is 0.407 e. The Labute approximate surface area is 70.3 Å². The number of carbonyl (C=O) groups excluding carboxylic acids is 1. The molecule has 1 aliphatic rings. The number of rotatable bonds is 1. The Balaban J connectivity index is 2.51. The summed E-state index contributed by atoms with van der Waals surface area (Å²) in [6.45, 7) is 0. The molecular formula is C6H9NO4S. The summed E-state index contributed by atoms with van der Waals surface area (Å²) >= 11 is 0. The van der Waals surface area contributed by atoms with Gasteiger partial charge in [-0.3, -0.25) is 0 Å². The molecule has 1 amide bonds. The lowest BCUT2D eigenvalue weighted by Crippen LogP contribution is -2.35. The van der Waals surface area contributed by atoms with Crippen molar-refractivity contribution in [3.05, 3.63) is 11.5 Å². The molecule has 0 radical (unpaired) electrons. The lowest BCUT2D eigenvalue weighted by Gasteiger charge is -2.07. The molecule has 1 unspecified atom stereocenters. The summed E-state index contributed by atoms with van der Waals surface area (Å²) < 4.78 is 26.0. The second-order valence-corrected chi connectivity index (χ2v) is 4.33. The van der Waals surface area contributed by atoms with E-state index in [1.165, 1.54) is 13.2 Å². The van der Waals surface area contributed by atoms with E-state index in [1.54, 1.807) is 0 Å². The molecule has 68 valence electrons. The molecule has 0 spiro atoms. The number of alkyl carbamates (subject to hydrolysis) is 1. The molecule has 0 aliphatic carbocycles. The molecule has 5 nitrogen and oxygen atoms in total. The first-order chi connectivity index (χ1) is 5.53. The highest BCUT2D eigenvalue weighted by molar-refractivity contribution is 7.94. The summed E-state index contributed by atoms with van der Waals surface area (Å²) in [7, 11) is -1.88. The Hall–Kier alpha value is -1.04. The van der Waals surface area contributed by atoms with Gasteiger partial charge in [-0.15, -0.1) is 0 Å². The maximum Gasteiger partial charge on any atom is 0.407 e. The van der Waals surface area contributed by atoms with Crippen LogP contribution < -0.4 is 5.32 Å². The van der Waals surface area contributed by atoms with Crippen molar-refractivity contribution in [1.82, 2.24) is 5.32 Å². The summed E-state index contributed by atoms with van der Waals surface area (Å²) in [6, 6.07) is -0.456. The first kappa shape index (κ1) is 9.05. The molecule has 1 aliphatic heterocycles. The van der Waals surface area contributed by atoms with Gasteiger partial charge in [0.1, 0.15) is 0 Å². The van der Waals surface area contributed by atoms with Gasteiger partial charge in [0.2, 0.25) is 0 Å². The molecule has 1 rings (SSSR count). The number of methoxy groups -OCH3 is 1. The Morgan fingerprint density at radius 3 is 2.75 bits per heavy atom. The fourth-order valence-corrected chi connectivity index (χ4v) is 2.11. The average Bonchev–Trinajstić information content (AvgIpc) is 2.30. The Morgan fingerprint density at radius 1 is 1.67 bits per heavy atom. The number of hydrogen-bond acceptors (Lipinski definition) is 4. The number of amides is 1. The minimum absolute atomic E-state index is 0.0813. The maximum absolute atomic E-state index is 10.8. The van der Waals surface area contributed by atoms with Gasteiger partial charge in [-0.2, -0.15) is 0 Å². The van der Waals surface area contributed by atoms with Gasteiger partial charge >= 0.3 is 6.09 Å². The second-order valence-electron chi connectivity index (χ2n) is 2.40. The monoisotopic (exact) mass is 191 g/mol. The fraction of sp³-hybridized carbons (Fsp3) is 0.500. The van der Waals surface area contributed by atoms with E-state index >= 15 is 0 Å². The molecule has 0 bridgehead atoms. The van der Waals surface area contributed by atoms with Crippen LogP contribution in [0.5, 0.6) is 0 Å². The van der Waals surface area contributed by atoms with Crippen molar-refractivity contribution >= 4 is 15.9 Å². The van der Waals surface area contributed by atoms with E-state index in [1.807, 2.05) is 0 Å². The van der Waals surface area contributed by atoms with Crippen LogP contribution in [-0.4, -0.2) is 33.4 Å². The Morgan fingerprint density at radius 2 is 2.33 bits per heavy atom. The zero-order valence-electron chi connectivity index (χ0n) is 6.48. The molecule has 0 aromatic carbocycles. The van der Waals surface area contributed by atoms with Crippen LogP contribution in [0.25, 0.3) is 0 Å². The van der Waals surface area contributed by atoms with Crippen molar-refractivity contribution in [2.45, 2.75) is 6.04 Å². The molecule has 0 fully saturated rings. The van der Waals surface area contributed by atoms with Crippen molar-refractivity contribution < 1.29 is 17.9 Å². The first-order valence-electron chi connectivity index (χ1n) is 3.29. The molecule has 0 aromatic heterocycles. The fourth-order valence-electron chi connectivity index (χ4n) is 0.876. The quantitative estimate of drug-likeness (QED) is 0.615. The van der Waals surface area contributed by atoms with Gasteiger partial charge < -0.3 is 10.1 Å². The third-order valence-corrected chi connectivity index (χ3v) is 2.81. The highest BCUT2D eigenvalue weighted by Crippen LogP contribution is 2.07. The van der Waals surface area contributed by atoms with Crippen LogP contribution in [0.15, 0.2) is 11.5 Å². The molecule has 0 saturated heterocycles. The topological polar surface area (TPSA) is 72.5 Å². The van der Waals surface area contributed by atoms with Crippen LogP contribution in [0.2, 0.25) is 0 Å². The van der Waals surface area contributed by atoms with E-state index in [0.29, 0.717) is 0 Å². The predicted octanol–water partition coefficient (Wildman–Crippen LogP) is -0.347. The zero-order valence-corrected chi connectivity index (χ0v) is 7.30. The highest BCUT2D eigenvalue weighted by Gasteiger charge is 2.22. The highest BCUT2D eigenvalue weighted by atomic mass is 32.2. The molecule has 12 heavy (non-hydrogen) atoms. The molecule has 0 saturated carbocycles. The van der Waals surface area contributed by atoms with Crippen LogP contribution in [0.1, 0.15) is 0 Å². The summed E-state index contributed by atoms with van der Waals surface area (Å²) in [5, 5.41) is 3.45. The standard InChI is InChI=1S/C6H9NO4S/c1-11-6(8)7-5-2-3-12(9,10)4-5/h2-3,5H,4H2,1H3,(H,7,8). The number of sulfone groups is 1. The van der Waals surface area contributed by atoms with Crippen LogP contribution in [0.4, 0.5) is 4.79 Å². The average molecular weight is 191 g/mol. The number of nitrogens with one attached hydrogen (secondary N) is 1. The van der Waals surface area contributed by atoms with Crippen LogP contribution in [-0.2, 0) is 14.6 Å². The molecule has 1 N–H and O–H groups in total. The van der Waals surface area contributed by atoms with Crippen LogP contribution in [0, 0.1) is 0 Å². The van der Waals surface area contributed by atoms with Crippen molar-refractivity contribution in [1.29, 1.82) is 0 Å². The minimum Gasteiger partial charge on any atom is -0.453 e. The van der Waals surface area contributed by atoms with Gasteiger partial charge in [0, 0.05) is 5.41 Å². The van der Waals surface area contributed by atoms with Crippen LogP contribution in [0.3, 0.4) is 0 Å². The third kappa shape index (κ3) is 2.23. The minimum atomic E-state index is -3.10. The van der Waals surface area contributed by atoms with Gasteiger partial charge in [0.15, 0.2) is 9.84 Å². The summed E-state index contributed by atoms with van der Waals surface area (Å²) in [6.07, 6.45) is 0.799. The van der Waals surface area contributed by atoms with Crippen molar-refractivity contribution in [2.24, 2.45) is 0 Å². The zero-order chi connectivity index (χ0) is 9.19. The number of carbonyl (C=O) groups is 1. The van der Waals surface area contributed by atoms with E-state index in [0.717, 1.165) is 5.41 Å². The van der Waals surface area contributed by atoms with Crippen molar-refractivity contribution in [3.63, 3.8) is 0 Å². The van der Waals surface area contributed by atoms with Gasteiger partial charge in [-0.25, -0.2) is 13.2 Å². The number of hydrogen-bond donors (Lipinski definition) is 1. The molecular weight excluding hydrogens is 182 g/mol. The van der Waals surface area contributed by atoms with E-state index < -0.39 is 22.0 Å². The van der Waals surface area contributed by atoms with Gasteiger partial charge in [0.25, 0.3) is 0 Å². The predicted molar refractivity (Wildman–Crippen MR) is 42.3 cm³/mol. The normalized spacial score (nSPS) is 25.2. The lowest BCUT2D eigenvalue weighted by atomic mass is 10.3. The Kier molecular flexibility index (Phi) is 2.37. The Bertz CT molecular complexity index is 306. The van der Waals surface area contributed by atoms with Gasteiger partial charge in [-0.1, -0.05) is 0 Å². The molecule has 1 atom stereocenters. The van der Waals surface area contributed by atoms with Crippen molar-refractivity contribution in [3.8, 4) is 0 Å². The maximum atomic E-state index is 10.8. The van der Waals surface area contributed by atoms with E-state index in [9.17, 15) is 13.2 Å². The SMILES string of the molecule is COC(=O)NC1C=CS(=O)(=O)C1. The molecule has 1 heterocycles. The lowest BCUT2D eigenvalue weighted by molar-refractivity contribution is 0.169. The van der Waals surface area contributed by atoms with Gasteiger partial charge in [-0.05, 0) is 6.08 Å². The van der Waals surface area contributed by atoms with Gasteiger partial charge in [0.05, 0.1) is 18.9 Å². The van der Waals surface area contributed by atoms with E-state index in [2.05, 4.69) is 10.1 Å². The second kappa shape index (κ2) is 3.14. The molecule has 6 heteroatoms. The van der Waals surface area contributed by atoms with E-state index in [-0.39, 0.29) is 5.75 Å².